The second-order valence-electron chi connectivity index (χ2n) is 2.86. The summed E-state index contributed by atoms with van der Waals surface area (Å²) in [7, 11) is 0. The first-order valence-electron chi connectivity index (χ1n) is 4.09. The highest BCUT2D eigenvalue weighted by molar-refractivity contribution is 5.75. The minimum absolute atomic E-state index is 0.0869. The topological polar surface area (TPSA) is 40.9 Å². The van der Waals surface area contributed by atoms with Crippen molar-refractivity contribution in [1.82, 2.24) is 0 Å². The van der Waals surface area contributed by atoms with E-state index in [1.807, 2.05) is 0 Å². The Balaban J connectivity index is 3.54. The zero-order valence-electron chi connectivity index (χ0n) is 7.26. The summed E-state index contributed by atoms with van der Waals surface area (Å²) in [6, 6.07) is 2.21. The van der Waals surface area contributed by atoms with Crippen molar-refractivity contribution in [3.05, 3.63) is 0 Å². The molecule has 0 aliphatic rings. The predicted octanol–water partition coefficient (Wildman–Crippen LogP) is 2.30. The van der Waals surface area contributed by atoms with E-state index in [2.05, 4.69) is 13.0 Å². The summed E-state index contributed by atoms with van der Waals surface area (Å²) in [6.45, 7) is 3.62. The van der Waals surface area contributed by atoms with E-state index in [4.69, 9.17) is 5.26 Å². The molecular formula is C9H15NO. The van der Waals surface area contributed by atoms with Crippen LogP contribution in [0.25, 0.3) is 0 Å². The van der Waals surface area contributed by atoms with Crippen LogP contribution in [0.1, 0.15) is 39.5 Å². The Morgan fingerprint density at radius 3 is 2.55 bits per heavy atom. The SMILES string of the molecule is CCCC(C#N)CCC(C)=O. The van der Waals surface area contributed by atoms with Crippen molar-refractivity contribution in [2.45, 2.75) is 39.5 Å². The predicted molar refractivity (Wildman–Crippen MR) is 43.9 cm³/mol. The van der Waals surface area contributed by atoms with Gasteiger partial charge in [-0.15, -0.1) is 0 Å². The van der Waals surface area contributed by atoms with E-state index >= 15 is 0 Å². The maximum Gasteiger partial charge on any atom is 0.129 e. The highest BCUT2D eigenvalue weighted by Gasteiger charge is 2.06. The van der Waals surface area contributed by atoms with Gasteiger partial charge < -0.3 is 4.79 Å². The number of Topliss-reactive ketones (excluding diaryl/α,β-unsaturated/α-hetero) is 1. The number of carbonyl (C=O) groups is 1. The van der Waals surface area contributed by atoms with Crippen LogP contribution in [0.15, 0.2) is 0 Å². The summed E-state index contributed by atoms with van der Waals surface area (Å²) in [5.41, 5.74) is 0. The van der Waals surface area contributed by atoms with Crippen molar-refractivity contribution in [2.75, 3.05) is 0 Å². The third-order valence-corrected chi connectivity index (χ3v) is 1.66. The van der Waals surface area contributed by atoms with Crippen LogP contribution in [0.2, 0.25) is 0 Å². The largest absolute Gasteiger partial charge is 0.300 e. The lowest BCUT2D eigenvalue weighted by atomic mass is 9.99. The molecule has 1 unspecified atom stereocenters. The summed E-state index contributed by atoms with van der Waals surface area (Å²) in [5.74, 6) is 0.269. The van der Waals surface area contributed by atoms with E-state index in [0.29, 0.717) is 6.42 Å². The Kier molecular flexibility index (Phi) is 5.46. The number of rotatable bonds is 5. The third kappa shape index (κ3) is 5.60. The van der Waals surface area contributed by atoms with Gasteiger partial charge in [0, 0.05) is 12.3 Å². The quantitative estimate of drug-likeness (QED) is 0.608. The van der Waals surface area contributed by atoms with Crippen LogP contribution >= 0.6 is 0 Å². The van der Waals surface area contributed by atoms with Crippen molar-refractivity contribution in [2.24, 2.45) is 5.92 Å². The lowest BCUT2D eigenvalue weighted by Gasteiger charge is -2.03. The molecule has 0 heterocycles. The van der Waals surface area contributed by atoms with E-state index in [0.717, 1.165) is 19.3 Å². The van der Waals surface area contributed by atoms with Crippen molar-refractivity contribution in [1.29, 1.82) is 5.26 Å². The van der Waals surface area contributed by atoms with E-state index in [-0.39, 0.29) is 11.7 Å². The molecule has 0 aromatic heterocycles. The van der Waals surface area contributed by atoms with Gasteiger partial charge in [-0.3, -0.25) is 0 Å². The highest BCUT2D eigenvalue weighted by Crippen LogP contribution is 2.11. The van der Waals surface area contributed by atoms with Crippen molar-refractivity contribution in [3.63, 3.8) is 0 Å². The Labute approximate surface area is 68.2 Å². The summed E-state index contributed by atoms with van der Waals surface area (Å²) in [4.78, 5) is 10.6. The number of carbonyl (C=O) groups excluding carboxylic acids is 1. The highest BCUT2D eigenvalue weighted by atomic mass is 16.1. The Bertz CT molecular complexity index is 157. The molecule has 0 aliphatic heterocycles. The maximum atomic E-state index is 10.6. The molecule has 0 rings (SSSR count). The first-order valence-corrected chi connectivity index (χ1v) is 4.09. The van der Waals surface area contributed by atoms with Crippen LogP contribution in [0, 0.1) is 17.2 Å². The summed E-state index contributed by atoms with van der Waals surface area (Å²) in [6.07, 6.45) is 3.23. The van der Waals surface area contributed by atoms with Crippen LogP contribution in [0.5, 0.6) is 0 Å². The van der Waals surface area contributed by atoms with Crippen LogP contribution in [-0.4, -0.2) is 5.78 Å². The molecule has 0 bridgehead atoms. The lowest BCUT2D eigenvalue weighted by Crippen LogP contribution is -2.00. The van der Waals surface area contributed by atoms with Crippen molar-refractivity contribution >= 4 is 5.78 Å². The molecule has 0 aromatic rings. The first-order chi connectivity index (χ1) is 5.20. The molecule has 0 radical (unpaired) electrons. The first kappa shape index (κ1) is 10.2. The van der Waals surface area contributed by atoms with Gasteiger partial charge in [0.25, 0.3) is 0 Å². The van der Waals surface area contributed by atoms with Crippen LogP contribution in [0.3, 0.4) is 0 Å². The molecule has 2 nitrogen and oxygen atoms in total. The van der Waals surface area contributed by atoms with Gasteiger partial charge >= 0.3 is 0 Å². The van der Waals surface area contributed by atoms with Gasteiger partial charge in [-0.25, -0.2) is 0 Å². The minimum atomic E-state index is 0.0869. The fourth-order valence-corrected chi connectivity index (χ4v) is 0.999. The minimum Gasteiger partial charge on any atom is -0.300 e. The summed E-state index contributed by atoms with van der Waals surface area (Å²) < 4.78 is 0. The van der Waals surface area contributed by atoms with Crippen LogP contribution in [0.4, 0.5) is 0 Å². The standard InChI is InChI=1S/C9H15NO/c1-3-4-9(7-10)6-5-8(2)11/h9H,3-6H2,1-2H3. The van der Waals surface area contributed by atoms with Crippen molar-refractivity contribution in [3.8, 4) is 6.07 Å². The fourth-order valence-electron chi connectivity index (χ4n) is 0.999. The van der Waals surface area contributed by atoms with Crippen LogP contribution < -0.4 is 0 Å². The Morgan fingerprint density at radius 1 is 1.55 bits per heavy atom. The number of nitrogens with zero attached hydrogens (tertiary/aromatic N) is 1. The van der Waals surface area contributed by atoms with E-state index in [9.17, 15) is 4.79 Å². The molecule has 0 spiro atoms. The number of hydrogen-bond acceptors (Lipinski definition) is 2. The Hall–Kier alpha value is -0.840. The average molecular weight is 153 g/mol. The van der Waals surface area contributed by atoms with Gasteiger partial charge in [0.15, 0.2) is 0 Å². The lowest BCUT2D eigenvalue weighted by molar-refractivity contribution is -0.117. The van der Waals surface area contributed by atoms with Gasteiger partial charge in [0.05, 0.1) is 6.07 Å². The van der Waals surface area contributed by atoms with Crippen molar-refractivity contribution < 1.29 is 4.79 Å². The molecule has 0 aliphatic carbocycles. The third-order valence-electron chi connectivity index (χ3n) is 1.66. The number of hydrogen-bond donors (Lipinski definition) is 0. The van der Waals surface area contributed by atoms with Gasteiger partial charge in [-0.1, -0.05) is 13.3 Å². The second-order valence-corrected chi connectivity index (χ2v) is 2.86. The van der Waals surface area contributed by atoms with Crippen LogP contribution in [-0.2, 0) is 4.79 Å². The molecule has 0 saturated carbocycles. The van der Waals surface area contributed by atoms with Gasteiger partial charge in [-0.05, 0) is 19.8 Å². The molecule has 0 saturated heterocycles. The maximum absolute atomic E-state index is 10.6. The van der Waals surface area contributed by atoms with Gasteiger partial charge in [0.1, 0.15) is 5.78 Å². The molecule has 0 fully saturated rings. The zero-order valence-corrected chi connectivity index (χ0v) is 7.26. The number of nitriles is 1. The summed E-state index contributed by atoms with van der Waals surface area (Å²) in [5, 5.41) is 8.61. The average Bonchev–Trinajstić information content (AvgIpc) is 1.97. The fraction of sp³-hybridized carbons (Fsp3) is 0.778. The zero-order chi connectivity index (χ0) is 8.69. The Morgan fingerprint density at radius 2 is 2.18 bits per heavy atom. The molecule has 11 heavy (non-hydrogen) atoms. The molecule has 0 amide bonds. The molecule has 2 heteroatoms. The van der Waals surface area contributed by atoms with E-state index in [1.54, 1.807) is 6.92 Å². The van der Waals surface area contributed by atoms with E-state index in [1.165, 1.54) is 0 Å². The molecule has 1 atom stereocenters. The van der Waals surface area contributed by atoms with E-state index < -0.39 is 0 Å². The van der Waals surface area contributed by atoms with Gasteiger partial charge in [-0.2, -0.15) is 5.26 Å². The molecular weight excluding hydrogens is 138 g/mol. The molecule has 62 valence electrons. The normalized spacial score (nSPS) is 12.1. The molecule has 0 N–H and O–H groups in total. The number of ketones is 1. The second kappa shape index (κ2) is 5.91. The monoisotopic (exact) mass is 153 g/mol. The summed E-state index contributed by atoms with van der Waals surface area (Å²) >= 11 is 0. The van der Waals surface area contributed by atoms with Gasteiger partial charge in [0.2, 0.25) is 0 Å². The molecule has 0 aromatic carbocycles. The smallest absolute Gasteiger partial charge is 0.129 e.